The molecule has 0 radical (unpaired) electrons. The third-order valence-electron chi connectivity index (χ3n) is 3.70. The third kappa shape index (κ3) is 7.39. The van der Waals surface area contributed by atoms with Gasteiger partial charge in [0.15, 0.2) is 0 Å². The van der Waals surface area contributed by atoms with Crippen molar-refractivity contribution >= 4 is 15.9 Å². The zero-order chi connectivity index (χ0) is 17.4. The summed E-state index contributed by atoms with van der Waals surface area (Å²) in [6.45, 7) is 3.48. The number of ether oxygens (including phenoxy) is 1. The van der Waals surface area contributed by atoms with Crippen molar-refractivity contribution in [1.29, 1.82) is 0 Å². The second kappa shape index (κ2) is 9.12. The van der Waals surface area contributed by atoms with Crippen molar-refractivity contribution in [3.8, 4) is 0 Å². The van der Waals surface area contributed by atoms with Gasteiger partial charge in [-0.1, -0.05) is 30.3 Å². The first-order valence-electron chi connectivity index (χ1n) is 8.01. The normalized spacial score (nSPS) is 19.1. The summed E-state index contributed by atoms with van der Waals surface area (Å²) in [7, 11) is -3.22. The molecular formula is C16H25N3O4S. The van der Waals surface area contributed by atoms with E-state index in [1.54, 1.807) is 0 Å². The lowest BCUT2D eigenvalue weighted by molar-refractivity contribution is -0.126. The number of carbonyl (C=O) groups excluding carboxylic acids is 1. The molecule has 0 unspecified atom stereocenters. The Hall–Kier alpha value is -1.48. The van der Waals surface area contributed by atoms with Crippen LogP contribution in [0.15, 0.2) is 30.3 Å². The van der Waals surface area contributed by atoms with E-state index in [4.69, 9.17) is 4.74 Å². The van der Waals surface area contributed by atoms with Gasteiger partial charge in [-0.2, -0.15) is 0 Å². The predicted octanol–water partition coefficient (Wildman–Crippen LogP) is -0.0571. The van der Waals surface area contributed by atoms with Crippen LogP contribution in [0.4, 0.5) is 0 Å². The number of rotatable bonds is 8. The van der Waals surface area contributed by atoms with Gasteiger partial charge in [-0.05, 0) is 5.56 Å². The number of nitrogens with one attached hydrogen (secondary N) is 2. The number of amides is 1. The molecule has 1 heterocycles. The molecule has 0 aliphatic carbocycles. The highest BCUT2D eigenvalue weighted by atomic mass is 32.2. The van der Waals surface area contributed by atoms with Crippen LogP contribution in [0, 0.1) is 0 Å². The van der Waals surface area contributed by atoms with Gasteiger partial charge in [-0.25, -0.2) is 13.1 Å². The fourth-order valence-electron chi connectivity index (χ4n) is 2.61. The van der Waals surface area contributed by atoms with Crippen LogP contribution in [0.2, 0.25) is 0 Å². The van der Waals surface area contributed by atoms with E-state index in [-0.39, 0.29) is 31.5 Å². The standard InChI is InChI=1S/C16H25N3O4S/c1-24(21,22)18-8-7-17-16(20)11-15-13-19(9-10-23-15)12-14-5-3-2-4-6-14/h2-6,15,18H,7-13H2,1H3,(H,17,20)/t15-/m0/s1. The Morgan fingerprint density at radius 3 is 2.75 bits per heavy atom. The molecule has 24 heavy (non-hydrogen) atoms. The van der Waals surface area contributed by atoms with E-state index in [0.717, 1.165) is 19.3 Å². The SMILES string of the molecule is CS(=O)(=O)NCCNC(=O)C[C@H]1CN(Cc2ccccc2)CCO1. The van der Waals surface area contributed by atoms with E-state index < -0.39 is 10.0 Å². The number of hydrogen-bond acceptors (Lipinski definition) is 5. The van der Waals surface area contributed by atoms with Crippen molar-refractivity contribution in [2.45, 2.75) is 19.1 Å². The van der Waals surface area contributed by atoms with Crippen molar-refractivity contribution in [3.05, 3.63) is 35.9 Å². The van der Waals surface area contributed by atoms with Crippen LogP contribution in [0.3, 0.4) is 0 Å². The van der Waals surface area contributed by atoms with E-state index in [0.29, 0.717) is 13.2 Å². The average molecular weight is 355 g/mol. The zero-order valence-corrected chi connectivity index (χ0v) is 14.7. The van der Waals surface area contributed by atoms with Gasteiger partial charge < -0.3 is 10.1 Å². The molecule has 2 rings (SSSR count). The maximum absolute atomic E-state index is 11.9. The summed E-state index contributed by atoms with van der Waals surface area (Å²) in [5.41, 5.74) is 1.24. The molecule has 1 aromatic carbocycles. The molecule has 2 N–H and O–H groups in total. The van der Waals surface area contributed by atoms with Gasteiger partial charge in [-0.3, -0.25) is 9.69 Å². The minimum Gasteiger partial charge on any atom is -0.375 e. The Morgan fingerprint density at radius 2 is 2.04 bits per heavy atom. The number of hydrogen-bond donors (Lipinski definition) is 2. The summed E-state index contributed by atoms with van der Waals surface area (Å²) in [5.74, 6) is -0.128. The molecule has 1 fully saturated rings. The summed E-state index contributed by atoms with van der Waals surface area (Å²) in [5, 5.41) is 2.70. The summed E-state index contributed by atoms with van der Waals surface area (Å²) in [6, 6.07) is 10.2. The molecule has 1 saturated heterocycles. The summed E-state index contributed by atoms with van der Waals surface area (Å²) >= 11 is 0. The fraction of sp³-hybridized carbons (Fsp3) is 0.562. The number of benzene rings is 1. The van der Waals surface area contributed by atoms with E-state index in [1.165, 1.54) is 5.56 Å². The van der Waals surface area contributed by atoms with Gasteiger partial charge in [-0.15, -0.1) is 0 Å². The van der Waals surface area contributed by atoms with Crippen molar-refractivity contribution < 1.29 is 17.9 Å². The van der Waals surface area contributed by atoms with Crippen LogP contribution < -0.4 is 10.0 Å². The van der Waals surface area contributed by atoms with Crippen LogP contribution >= 0.6 is 0 Å². The smallest absolute Gasteiger partial charge is 0.222 e. The third-order valence-corrected chi connectivity index (χ3v) is 4.42. The van der Waals surface area contributed by atoms with Crippen LogP contribution in [0.5, 0.6) is 0 Å². The second-order valence-corrected chi connectivity index (χ2v) is 7.77. The highest BCUT2D eigenvalue weighted by molar-refractivity contribution is 7.88. The monoisotopic (exact) mass is 355 g/mol. The lowest BCUT2D eigenvalue weighted by atomic mass is 10.1. The van der Waals surface area contributed by atoms with Crippen molar-refractivity contribution in [2.75, 3.05) is 39.0 Å². The van der Waals surface area contributed by atoms with Crippen molar-refractivity contribution in [1.82, 2.24) is 14.9 Å². The number of carbonyl (C=O) groups is 1. The Kier molecular flexibility index (Phi) is 7.16. The summed E-state index contributed by atoms with van der Waals surface area (Å²) in [4.78, 5) is 14.2. The largest absolute Gasteiger partial charge is 0.375 e. The van der Waals surface area contributed by atoms with E-state index in [1.807, 2.05) is 18.2 Å². The number of sulfonamides is 1. The first-order valence-corrected chi connectivity index (χ1v) is 9.91. The quantitative estimate of drug-likeness (QED) is 0.638. The van der Waals surface area contributed by atoms with E-state index >= 15 is 0 Å². The molecule has 1 atom stereocenters. The van der Waals surface area contributed by atoms with Crippen LogP contribution in [0.1, 0.15) is 12.0 Å². The van der Waals surface area contributed by atoms with Gasteiger partial charge in [0.2, 0.25) is 15.9 Å². The van der Waals surface area contributed by atoms with Gasteiger partial charge in [0.1, 0.15) is 0 Å². The van der Waals surface area contributed by atoms with Gasteiger partial charge in [0, 0.05) is 32.7 Å². The van der Waals surface area contributed by atoms with Crippen molar-refractivity contribution in [3.63, 3.8) is 0 Å². The Bertz CT molecular complexity index is 621. The molecule has 0 spiro atoms. The highest BCUT2D eigenvalue weighted by Crippen LogP contribution is 2.12. The van der Waals surface area contributed by atoms with E-state index in [9.17, 15) is 13.2 Å². The van der Waals surface area contributed by atoms with Gasteiger partial charge >= 0.3 is 0 Å². The van der Waals surface area contributed by atoms with Crippen LogP contribution in [-0.2, 0) is 26.1 Å². The summed E-state index contributed by atoms with van der Waals surface area (Å²) in [6.07, 6.45) is 1.24. The number of nitrogens with zero attached hydrogens (tertiary/aromatic N) is 1. The van der Waals surface area contributed by atoms with Crippen molar-refractivity contribution in [2.24, 2.45) is 0 Å². The summed E-state index contributed by atoms with van der Waals surface area (Å²) < 4.78 is 29.9. The lowest BCUT2D eigenvalue weighted by Gasteiger charge is -2.32. The van der Waals surface area contributed by atoms with Crippen LogP contribution in [0.25, 0.3) is 0 Å². The molecular weight excluding hydrogens is 330 g/mol. The molecule has 1 aliphatic heterocycles. The Labute approximate surface area is 143 Å². The lowest BCUT2D eigenvalue weighted by Crippen LogP contribution is -2.44. The second-order valence-electron chi connectivity index (χ2n) is 5.93. The number of morpholine rings is 1. The first kappa shape index (κ1) is 18.9. The molecule has 8 heteroatoms. The molecule has 1 aliphatic rings. The molecule has 134 valence electrons. The molecule has 0 aromatic heterocycles. The molecule has 7 nitrogen and oxygen atoms in total. The molecule has 0 saturated carbocycles. The Morgan fingerprint density at radius 1 is 1.29 bits per heavy atom. The Balaban J connectivity index is 1.69. The fourth-order valence-corrected chi connectivity index (χ4v) is 3.08. The van der Waals surface area contributed by atoms with E-state index in [2.05, 4.69) is 27.1 Å². The van der Waals surface area contributed by atoms with Gasteiger partial charge in [0.05, 0.1) is 25.4 Å². The maximum atomic E-state index is 11.9. The minimum absolute atomic E-state index is 0.128. The molecule has 1 amide bonds. The zero-order valence-electron chi connectivity index (χ0n) is 13.9. The minimum atomic E-state index is -3.22. The van der Waals surface area contributed by atoms with Crippen LogP contribution in [-0.4, -0.2) is 64.4 Å². The first-order chi connectivity index (χ1) is 11.4. The van der Waals surface area contributed by atoms with Gasteiger partial charge in [0.25, 0.3) is 0 Å². The predicted molar refractivity (Wildman–Crippen MR) is 91.9 cm³/mol. The topological polar surface area (TPSA) is 87.7 Å². The molecule has 0 bridgehead atoms. The molecule has 1 aromatic rings. The highest BCUT2D eigenvalue weighted by Gasteiger charge is 2.22. The average Bonchev–Trinajstić information content (AvgIpc) is 2.52. The maximum Gasteiger partial charge on any atom is 0.222 e.